The Morgan fingerprint density at radius 1 is 0.451 bits per heavy atom. The van der Waals surface area contributed by atoms with Gasteiger partial charge in [0.15, 0.2) is 23.1 Å². The van der Waals surface area contributed by atoms with E-state index in [1.807, 2.05) is 78.9 Å². The number of rotatable bonds is 6. The van der Waals surface area contributed by atoms with Gasteiger partial charge in [-0.2, -0.15) is 5.26 Å². The van der Waals surface area contributed by atoms with Crippen LogP contribution in [0.3, 0.4) is 0 Å². The zero-order valence-electron chi connectivity index (χ0n) is 27.1. The molecule has 0 saturated carbocycles. The Balaban J connectivity index is 1.11. The lowest BCUT2D eigenvalue weighted by Gasteiger charge is -2.08. The third kappa shape index (κ3) is 5.67. The highest BCUT2D eigenvalue weighted by Gasteiger charge is 2.18. The van der Waals surface area contributed by atoms with Gasteiger partial charge in [-0.3, -0.25) is 9.97 Å². The van der Waals surface area contributed by atoms with Crippen LogP contribution in [0.4, 0.5) is 0 Å². The van der Waals surface area contributed by atoms with Gasteiger partial charge in [0.25, 0.3) is 0 Å². The van der Waals surface area contributed by atoms with Crippen molar-refractivity contribution in [2.45, 2.75) is 0 Å². The van der Waals surface area contributed by atoms with Gasteiger partial charge >= 0.3 is 0 Å². The molecule has 7 nitrogen and oxygen atoms in total. The van der Waals surface area contributed by atoms with E-state index in [0.29, 0.717) is 39.9 Å². The molecule has 0 aliphatic rings. The Labute approximate surface area is 293 Å². The first-order valence-corrected chi connectivity index (χ1v) is 16.5. The molecule has 0 N–H and O–H groups in total. The Morgan fingerprint density at radius 3 is 1.75 bits per heavy atom. The minimum Gasteiger partial charge on any atom is -0.454 e. The molecule has 7 heteroatoms. The first kappa shape index (κ1) is 29.8. The Bertz CT molecular complexity index is 2720. The minimum atomic E-state index is 0.441. The van der Waals surface area contributed by atoms with E-state index in [9.17, 15) is 0 Å². The highest BCUT2D eigenvalue weighted by Crippen LogP contribution is 2.37. The molecule has 0 fully saturated rings. The van der Waals surface area contributed by atoms with Crippen molar-refractivity contribution in [3.63, 3.8) is 0 Å². The van der Waals surface area contributed by atoms with Gasteiger partial charge in [-0.15, -0.1) is 0 Å². The summed E-state index contributed by atoms with van der Waals surface area (Å²) in [6, 6.07) is 50.2. The van der Waals surface area contributed by atoms with E-state index < -0.39 is 0 Å². The number of pyridine rings is 2. The van der Waals surface area contributed by atoms with Crippen LogP contribution in [0.2, 0.25) is 0 Å². The van der Waals surface area contributed by atoms with Crippen LogP contribution in [-0.4, -0.2) is 24.9 Å². The molecule has 9 rings (SSSR count). The molecule has 0 aliphatic carbocycles. The molecule has 4 aromatic heterocycles. The van der Waals surface area contributed by atoms with E-state index in [-0.39, 0.29) is 0 Å². The lowest BCUT2D eigenvalue weighted by molar-refractivity contribution is 0.668. The maximum absolute atomic E-state index is 9.16. The first-order valence-electron chi connectivity index (χ1n) is 16.5. The standard InChI is InChI=1S/C44H26N6O/c45-25-28-14-16-31(17-15-28)34-22-23-37(46-26-34)44-49-42(33-10-5-2-6-11-33)48-43(50-44)35-24-39-41(47-27-35)40-36(12-7-13-38(40)51-39)32-20-18-30(19-21-32)29-8-3-1-4-9-29/h1-24,26-27H. The summed E-state index contributed by atoms with van der Waals surface area (Å²) >= 11 is 0. The molecule has 0 bridgehead atoms. The van der Waals surface area contributed by atoms with Crippen molar-refractivity contribution in [3.05, 3.63) is 164 Å². The third-order valence-corrected chi connectivity index (χ3v) is 8.90. The summed E-state index contributed by atoms with van der Waals surface area (Å²) in [6.45, 7) is 0. The van der Waals surface area contributed by atoms with Crippen LogP contribution in [0, 0.1) is 11.3 Å². The van der Waals surface area contributed by atoms with Gasteiger partial charge in [0, 0.05) is 29.1 Å². The van der Waals surface area contributed by atoms with Crippen LogP contribution < -0.4 is 0 Å². The van der Waals surface area contributed by atoms with Crippen LogP contribution in [0.15, 0.2) is 162 Å². The zero-order chi connectivity index (χ0) is 34.1. The zero-order valence-corrected chi connectivity index (χ0v) is 27.1. The van der Waals surface area contributed by atoms with Crippen molar-refractivity contribution in [1.29, 1.82) is 5.26 Å². The van der Waals surface area contributed by atoms with Crippen LogP contribution in [0.25, 0.3) is 89.7 Å². The van der Waals surface area contributed by atoms with E-state index in [0.717, 1.165) is 49.9 Å². The van der Waals surface area contributed by atoms with Gasteiger partial charge in [-0.25, -0.2) is 15.0 Å². The van der Waals surface area contributed by atoms with Gasteiger partial charge in [0.2, 0.25) is 0 Å². The summed E-state index contributed by atoms with van der Waals surface area (Å²) in [5.74, 6) is 1.43. The fourth-order valence-corrected chi connectivity index (χ4v) is 6.29. The molecule has 51 heavy (non-hydrogen) atoms. The number of nitrogens with zero attached hydrogens (tertiary/aromatic N) is 6. The molecule has 0 aliphatic heterocycles. The smallest absolute Gasteiger partial charge is 0.182 e. The van der Waals surface area contributed by atoms with E-state index >= 15 is 0 Å². The van der Waals surface area contributed by atoms with Crippen LogP contribution in [0.5, 0.6) is 0 Å². The number of hydrogen-bond acceptors (Lipinski definition) is 7. The minimum absolute atomic E-state index is 0.441. The fourth-order valence-electron chi connectivity index (χ4n) is 6.29. The maximum atomic E-state index is 9.16. The Hall–Kier alpha value is -7.30. The predicted octanol–water partition coefficient (Wildman–Crippen LogP) is 10.4. The summed E-state index contributed by atoms with van der Waals surface area (Å²) in [7, 11) is 0. The lowest BCUT2D eigenvalue weighted by atomic mass is 9.98. The third-order valence-electron chi connectivity index (χ3n) is 8.90. The second-order valence-electron chi connectivity index (χ2n) is 12.1. The van der Waals surface area contributed by atoms with Crippen molar-refractivity contribution in [1.82, 2.24) is 24.9 Å². The van der Waals surface area contributed by atoms with Crippen molar-refractivity contribution < 1.29 is 4.42 Å². The average molecular weight is 655 g/mol. The van der Waals surface area contributed by atoms with E-state index in [4.69, 9.17) is 34.6 Å². The molecule has 5 aromatic carbocycles. The summed E-state index contributed by atoms with van der Waals surface area (Å²) in [5, 5.41) is 10.1. The largest absolute Gasteiger partial charge is 0.454 e. The fraction of sp³-hybridized carbons (Fsp3) is 0. The van der Waals surface area contributed by atoms with Crippen molar-refractivity contribution >= 4 is 22.1 Å². The van der Waals surface area contributed by atoms with Gasteiger partial charge in [0.1, 0.15) is 16.8 Å². The average Bonchev–Trinajstić information content (AvgIpc) is 3.60. The second kappa shape index (κ2) is 12.6. The van der Waals surface area contributed by atoms with E-state index in [1.54, 1.807) is 24.5 Å². The predicted molar refractivity (Wildman–Crippen MR) is 200 cm³/mol. The van der Waals surface area contributed by atoms with Gasteiger partial charge < -0.3 is 4.42 Å². The van der Waals surface area contributed by atoms with Crippen molar-refractivity contribution in [2.75, 3.05) is 0 Å². The number of nitriles is 1. The molecule has 4 heterocycles. The number of fused-ring (bicyclic) bond motifs is 3. The number of furan rings is 1. The van der Waals surface area contributed by atoms with Gasteiger partial charge in [0.05, 0.1) is 17.0 Å². The maximum Gasteiger partial charge on any atom is 0.182 e. The SMILES string of the molecule is N#Cc1ccc(-c2ccc(-c3nc(-c4ccccc4)nc(-c4cnc5c(c4)oc4cccc(-c6ccc(-c7ccccc7)cc6)c45)n3)nc2)cc1. The number of hydrogen-bond donors (Lipinski definition) is 0. The Morgan fingerprint density at radius 2 is 1.04 bits per heavy atom. The van der Waals surface area contributed by atoms with Crippen LogP contribution in [0.1, 0.15) is 5.56 Å². The molecule has 9 aromatic rings. The molecule has 0 saturated heterocycles. The summed E-state index contributed by atoms with van der Waals surface area (Å²) in [6.07, 6.45) is 3.58. The van der Waals surface area contributed by atoms with Crippen molar-refractivity contribution in [3.8, 4) is 73.7 Å². The monoisotopic (exact) mass is 654 g/mol. The number of benzene rings is 5. The topological polar surface area (TPSA) is 101 Å². The van der Waals surface area contributed by atoms with E-state index in [1.165, 1.54) is 5.56 Å². The molecular formula is C44H26N6O. The second-order valence-corrected chi connectivity index (χ2v) is 12.1. The molecular weight excluding hydrogens is 629 g/mol. The molecule has 0 unspecified atom stereocenters. The quantitative estimate of drug-likeness (QED) is 0.176. The normalized spacial score (nSPS) is 11.1. The highest BCUT2D eigenvalue weighted by atomic mass is 16.3. The highest BCUT2D eigenvalue weighted by molar-refractivity contribution is 6.11. The summed E-state index contributed by atoms with van der Waals surface area (Å²) < 4.78 is 6.41. The van der Waals surface area contributed by atoms with Crippen LogP contribution >= 0.6 is 0 Å². The van der Waals surface area contributed by atoms with Crippen LogP contribution in [-0.2, 0) is 0 Å². The van der Waals surface area contributed by atoms with Gasteiger partial charge in [-0.05, 0) is 58.1 Å². The molecule has 0 amide bonds. The number of aromatic nitrogens is 5. The molecule has 0 radical (unpaired) electrons. The summed E-state index contributed by atoms with van der Waals surface area (Å²) in [5.41, 5.74) is 11.3. The molecule has 0 atom stereocenters. The van der Waals surface area contributed by atoms with Crippen molar-refractivity contribution in [2.24, 2.45) is 0 Å². The Kier molecular flexibility index (Phi) is 7.38. The molecule has 238 valence electrons. The lowest BCUT2D eigenvalue weighted by Crippen LogP contribution is -2.01. The van der Waals surface area contributed by atoms with E-state index in [2.05, 4.69) is 60.7 Å². The summed E-state index contributed by atoms with van der Waals surface area (Å²) in [4.78, 5) is 24.2. The first-order chi connectivity index (χ1) is 25.2. The molecule has 0 spiro atoms. The van der Waals surface area contributed by atoms with Gasteiger partial charge in [-0.1, -0.05) is 115 Å².